The van der Waals surface area contributed by atoms with Gasteiger partial charge in [-0.2, -0.15) is 18.0 Å². The fraction of sp³-hybridized carbons (Fsp3) is 0.500. The van der Waals surface area contributed by atoms with Crippen molar-refractivity contribution in [1.82, 2.24) is 10.3 Å². The lowest BCUT2D eigenvalue weighted by molar-refractivity contribution is -0.158. The third kappa shape index (κ3) is 5.05. The van der Waals surface area contributed by atoms with E-state index in [0.717, 1.165) is 0 Å². The standard InChI is InChI=1S/C12H16ClF3N2OS/c1-11(2,3)20(19)18-17-10(12(14,15)16)8-4-6-9(13)7-5-8/h4-7,10,17-18H,1-3H3/t10-,20?/m1/s1. The molecule has 0 amide bonds. The van der Waals surface area contributed by atoms with Crippen molar-refractivity contribution in [3.63, 3.8) is 0 Å². The van der Waals surface area contributed by atoms with Gasteiger partial charge in [0.15, 0.2) is 0 Å². The van der Waals surface area contributed by atoms with Crippen LogP contribution in [-0.2, 0) is 11.0 Å². The van der Waals surface area contributed by atoms with Crippen LogP contribution >= 0.6 is 11.6 Å². The van der Waals surface area contributed by atoms with E-state index in [0.29, 0.717) is 5.02 Å². The summed E-state index contributed by atoms with van der Waals surface area (Å²) in [4.78, 5) is 2.21. The average Bonchev–Trinajstić information content (AvgIpc) is 2.28. The van der Waals surface area contributed by atoms with Gasteiger partial charge in [0.25, 0.3) is 0 Å². The molecule has 0 aliphatic rings. The van der Waals surface area contributed by atoms with Crippen LogP contribution in [0.4, 0.5) is 13.2 Å². The van der Waals surface area contributed by atoms with Gasteiger partial charge in [0, 0.05) is 5.02 Å². The van der Waals surface area contributed by atoms with Crippen LogP contribution in [-0.4, -0.2) is 15.1 Å². The summed E-state index contributed by atoms with van der Waals surface area (Å²) in [6.07, 6.45) is -4.52. The topological polar surface area (TPSA) is 41.1 Å². The van der Waals surface area contributed by atoms with E-state index in [1.165, 1.54) is 24.3 Å². The van der Waals surface area contributed by atoms with Gasteiger partial charge in [0.1, 0.15) is 17.0 Å². The van der Waals surface area contributed by atoms with E-state index in [-0.39, 0.29) is 5.56 Å². The van der Waals surface area contributed by atoms with Crippen LogP contribution in [0.25, 0.3) is 0 Å². The number of nitrogens with one attached hydrogen (secondary N) is 2. The summed E-state index contributed by atoms with van der Waals surface area (Å²) in [7, 11) is -1.66. The highest BCUT2D eigenvalue weighted by Gasteiger charge is 2.41. The Morgan fingerprint density at radius 3 is 2.05 bits per heavy atom. The van der Waals surface area contributed by atoms with Crippen molar-refractivity contribution in [2.75, 3.05) is 0 Å². The second-order valence-electron chi connectivity index (χ2n) is 5.15. The highest BCUT2D eigenvalue weighted by Crippen LogP contribution is 2.32. The first-order valence-corrected chi connectivity index (χ1v) is 7.30. The minimum absolute atomic E-state index is 0.0136. The summed E-state index contributed by atoms with van der Waals surface area (Å²) in [5.41, 5.74) is 2.07. The number of rotatable bonds is 4. The molecule has 0 spiro atoms. The number of halogens is 4. The summed E-state index contributed by atoms with van der Waals surface area (Å²) in [6, 6.07) is 3.33. The molecule has 0 aliphatic carbocycles. The zero-order chi connectivity index (χ0) is 15.6. The second kappa shape index (κ2) is 6.43. The van der Waals surface area contributed by atoms with E-state index in [9.17, 15) is 17.4 Å². The van der Waals surface area contributed by atoms with Gasteiger partial charge >= 0.3 is 6.18 Å². The lowest BCUT2D eigenvalue weighted by Crippen LogP contribution is -2.47. The molecular formula is C12H16ClF3N2OS. The number of alkyl halides is 3. The van der Waals surface area contributed by atoms with Gasteiger partial charge < -0.3 is 0 Å². The summed E-state index contributed by atoms with van der Waals surface area (Å²) in [5.74, 6) is 0. The van der Waals surface area contributed by atoms with Crippen LogP contribution in [0.3, 0.4) is 0 Å². The van der Waals surface area contributed by atoms with Crippen molar-refractivity contribution in [2.24, 2.45) is 0 Å². The molecule has 2 N–H and O–H groups in total. The van der Waals surface area contributed by atoms with Gasteiger partial charge in [-0.3, -0.25) is 0 Å². The van der Waals surface area contributed by atoms with Crippen LogP contribution in [0, 0.1) is 0 Å². The van der Waals surface area contributed by atoms with Crippen LogP contribution < -0.4 is 10.3 Å². The zero-order valence-electron chi connectivity index (χ0n) is 11.2. The molecule has 2 atom stereocenters. The molecule has 1 aromatic carbocycles. The molecule has 0 aliphatic heterocycles. The van der Waals surface area contributed by atoms with Gasteiger partial charge in [0.05, 0.1) is 4.75 Å². The molecule has 8 heteroatoms. The molecule has 0 saturated carbocycles. The van der Waals surface area contributed by atoms with E-state index in [1.54, 1.807) is 20.8 Å². The van der Waals surface area contributed by atoms with Gasteiger partial charge in [0.2, 0.25) is 0 Å². The van der Waals surface area contributed by atoms with Crippen molar-refractivity contribution in [3.05, 3.63) is 34.9 Å². The van der Waals surface area contributed by atoms with E-state index in [4.69, 9.17) is 11.6 Å². The Hall–Kier alpha value is -0.630. The Bertz CT molecular complexity index is 471. The van der Waals surface area contributed by atoms with E-state index in [1.807, 2.05) is 0 Å². The minimum atomic E-state index is -4.52. The molecule has 3 nitrogen and oxygen atoms in total. The van der Waals surface area contributed by atoms with Crippen molar-refractivity contribution in [1.29, 1.82) is 0 Å². The maximum atomic E-state index is 13.0. The van der Waals surface area contributed by atoms with Crippen LogP contribution in [0.15, 0.2) is 24.3 Å². The summed E-state index contributed by atoms with van der Waals surface area (Å²) < 4.78 is 50.1. The van der Waals surface area contributed by atoms with Crippen LogP contribution in [0.5, 0.6) is 0 Å². The fourth-order valence-corrected chi connectivity index (χ4v) is 1.93. The second-order valence-corrected chi connectivity index (χ2v) is 7.56. The molecule has 20 heavy (non-hydrogen) atoms. The Morgan fingerprint density at radius 2 is 1.65 bits per heavy atom. The largest absolute Gasteiger partial charge is 0.409 e. The smallest absolute Gasteiger partial charge is 0.241 e. The normalized spacial score (nSPS) is 15.9. The lowest BCUT2D eigenvalue weighted by Gasteiger charge is -2.25. The lowest BCUT2D eigenvalue weighted by atomic mass is 10.1. The van der Waals surface area contributed by atoms with E-state index < -0.39 is 28.0 Å². The predicted molar refractivity (Wildman–Crippen MR) is 74.4 cm³/mol. The van der Waals surface area contributed by atoms with Crippen LogP contribution in [0.2, 0.25) is 5.02 Å². The molecule has 0 aromatic heterocycles. The Balaban J connectivity index is 2.87. The molecular weight excluding hydrogens is 313 g/mol. The van der Waals surface area contributed by atoms with Gasteiger partial charge in [-0.15, -0.1) is 0 Å². The number of hydrogen-bond donors (Lipinski definition) is 2. The van der Waals surface area contributed by atoms with Crippen molar-refractivity contribution in [2.45, 2.75) is 37.7 Å². The fourth-order valence-electron chi connectivity index (χ4n) is 1.27. The van der Waals surface area contributed by atoms with Crippen molar-refractivity contribution < 1.29 is 17.4 Å². The Kier molecular flexibility index (Phi) is 5.60. The predicted octanol–water partition coefficient (Wildman–Crippen LogP) is 3.50. The van der Waals surface area contributed by atoms with Gasteiger partial charge in [-0.05, 0) is 38.5 Å². The van der Waals surface area contributed by atoms with E-state index in [2.05, 4.69) is 10.3 Å². The monoisotopic (exact) mass is 328 g/mol. The Labute approximate surface area is 123 Å². The minimum Gasteiger partial charge on any atom is -0.241 e. The molecule has 0 radical (unpaired) electrons. The maximum Gasteiger partial charge on any atom is 0.409 e. The molecule has 0 bridgehead atoms. The molecule has 1 rings (SSSR count). The highest BCUT2D eigenvalue weighted by molar-refractivity contribution is 7.84. The first-order valence-electron chi connectivity index (χ1n) is 5.77. The zero-order valence-corrected chi connectivity index (χ0v) is 12.8. The number of hydrogen-bond acceptors (Lipinski definition) is 2. The molecule has 0 fully saturated rings. The summed E-state index contributed by atoms with van der Waals surface area (Å²) in [5, 5.41) is 0.348. The van der Waals surface area contributed by atoms with E-state index >= 15 is 0 Å². The SMILES string of the molecule is CC(C)(C)S(=O)NN[C@H](c1ccc(Cl)cc1)C(F)(F)F. The van der Waals surface area contributed by atoms with Gasteiger partial charge in [-0.1, -0.05) is 23.7 Å². The number of hydrazine groups is 1. The van der Waals surface area contributed by atoms with Crippen molar-refractivity contribution >= 4 is 22.6 Å². The third-order valence-electron chi connectivity index (χ3n) is 2.38. The highest BCUT2D eigenvalue weighted by atomic mass is 35.5. The first-order chi connectivity index (χ1) is 9.01. The summed E-state index contributed by atoms with van der Waals surface area (Å²) >= 11 is 5.65. The molecule has 1 aromatic rings. The summed E-state index contributed by atoms with van der Waals surface area (Å²) in [6.45, 7) is 4.97. The van der Waals surface area contributed by atoms with Crippen molar-refractivity contribution in [3.8, 4) is 0 Å². The molecule has 0 heterocycles. The quantitative estimate of drug-likeness (QED) is 0.831. The molecule has 114 valence electrons. The Morgan fingerprint density at radius 1 is 1.15 bits per heavy atom. The maximum absolute atomic E-state index is 13.0. The average molecular weight is 329 g/mol. The third-order valence-corrected chi connectivity index (χ3v) is 4.05. The van der Waals surface area contributed by atoms with Crippen LogP contribution in [0.1, 0.15) is 32.4 Å². The first kappa shape index (κ1) is 17.4. The van der Waals surface area contributed by atoms with Gasteiger partial charge in [-0.25, -0.2) is 9.63 Å². The number of benzene rings is 1. The molecule has 0 saturated heterocycles. The molecule has 1 unspecified atom stereocenters.